The van der Waals surface area contributed by atoms with Gasteiger partial charge in [0, 0.05) is 11.5 Å². The van der Waals surface area contributed by atoms with Gasteiger partial charge in [0.2, 0.25) is 11.8 Å². The first-order chi connectivity index (χ1) is 14.0. The molecule has 1 aliphatic carbocycles. The smallest absolute Gasteiger partial charge is 0.240 e. The summed E-state index contributed by atoms with van der Waals surface area (Å²) in [5.74, 6) is -3.50. The molecule has 0 spiro atoms. The number of primary amides is 1. The lowest BCUT2D eigenvalue weighted by atomic mass is 9.88. The first kappa shape index (κ1) is 18.8. The highest BCUT2D eigenvalue weighted by Crippen LogP contribution is 2.46. The van der Waals surface area contributed by atoms with Gasteiger partial charge >= 0.3 is 0 Å². The van der Waals surface area contributed by atoms with E-state index in [0.29, 0.717) is 0 Å². The van der Waals surface area contributed by atoms with Gasteiger partial charge in [-0.05, 0) is 34.4 Å². The summed E-state index contributed by atoms with van der Waals surface area (Å²) in [6, 6.07) is 17.5. The third-order valence-electron chi connectivity index (χ3n) is 5.24. The molecular weight excluding hydrogens is 374 g/mol. The van der Waals surface area contributed by atoms with Gasteiger partial charge in [0.05, 0.1) is 6.42 Å². The number of rotatable bonds is 5. The zero-order valence-corrected chi connectivity index (χ0v) is 15.4. The van der Waals surface area contributed by atoms with Crippen LogP contribution in [0.3, 0.4) is 0 Å². The summed E-state index contributed by atoms with van der Waals surface area (Å²) in [6.07, 6.45) is -0.529. The number of nitrogens with two attached hydrogens (primary N) is 1. The normalized spacial score (nSPS) is 13.4. The van der Waals surface area contributed by atoms with Gasteiger partial charge in [-0.1, -0.05) is 54.6 Å². The maximum atomic E-state index is 13.9. The van der Waals surface area contributed by atoms with Crippen LogP contribution in [0.15, 0.2) is 66.7 Å². The third-order valence-corrected chi connectivity index (χ3v) is 5.24. The number of benzene rings is 3. The van der Waals surface area contributed by atoms with Crippen LogP contribution in [0.4, 0.5) is 8.78 Å². The van der Waals surface area contributed by atoms with E-state index in [1.54, 1.807) is 0 Å². The highest BCUT2D eigenvalue weighted by Gasteiger charge is 2.37. The number of halogens is 2. The predicted octanol–water partition coefficient (Wildman–Crippen LogP) is 3.29. The summed E-state index contributed by atoms with van der Waals surface area (Å²) < 4.78 is 27.8. The fraction of sp³-hybridized carbons (Fsp3) is 0.130. The van der Waals surface area contributed by atoms with Crippen molar-refractivity contribution in [1.82, 2.24) is 5.32 Å². The summed E-state index contributed by atoms with van der Waals surface area (Å²) in [5, 5.41) is 2.60. The molecule has 0 saturated carbocycles. The van der Waals surface area contributed by atoms with E-state index < -0.39 is 41.8 Å². The molecule has 0 bridgehead atoms. The number of hydrogen-bond acceptors (Lipinski definition) is 2. The molecule has 3 aromatic rings. The minimum absolute atomic E-state index is 0.347. The zero-order valence-electron chi connectivity index (χ0n) is 15.4. The SMILES string of the molecule is NC(=O)[C@@H](NC(=O)Cc1c(F)cccc1F)C1c2ccccc2-c2ccccc21. The maximum Gasteiger partial charge on any atom is 0.240 e. The van der Waals surface area contributed by atoms with E-state index in [4.69, 9.17) is 5.73 Å². The van der Waals surface area contributed by atoms with Gasteiger partial charge in [-0.2, -0.15) is 0 Å². The third kappa shape index (κ3) is 3.38. The highest BCUT2D eigenvalue weighted by molar-refractivity contribution is 5.91. The molecule has 146 valence electrons. The molecule has 0 aliphatic heterocycles. The van der Waals surface area contributed by atoms with Crippen LogP contribution in [0.2, 0.25) is 0 Å². The van der Waals surface area contributed by atoms with E-state index in [1.807, 2.05) is 48.5 Å². The lowest BCUT2D eigenvalue weighted by Gasteiger charge is -2.24. The van der Waals surface area contributed by atoms with E-state index in [9.17, 15) is 18.4 Å². The molecule has 4 nitrogen and oxygen atoms in total. The Hall–Kier alpha value is -3.54. The lowest BCUT2D eigenvalue weighted by molar-refractivity contribution is -0.127. The Labute approximate surface area is 166 Å². The molecule has 0 aromatic heterocycles. The van der Waals surface area contributed by atoms with Crippen LogP contribution in [0, 0.1) is 11.6 Å². The Bertz CT molecular complexity index is 1050. The zero-order chi connectivity index (χ0) is 20.5. The number of amides is 2. The number of carbonyl (C=O) groups is 2. The van der Waals surface area contributed by atoms with E-state index >= 15 is 0 Å². The van der Waals surface area contributed by atoms with Crippen LogP contribution >= 0.6 is 0 Å². The molecule has 3 aromatic carbocycles. The predicted molar refractivity (Wildman–Crippen MR) is 105 cm³/mol. The van der Waals surface area contributed by atoms with Gasteiger partial charge in [0.15, 0.2) is 0 Å². The Balaban J connectivity index is 1.67. The topological polar surface area (TPSA) is 72.2 Å². The fourth-order valence-corrected chi connectivity index (χ4v) is 3.96. The van der Waals surface area contributed by atoms with Crippen LogP contribution in [-0.2, 0) is 16.0 Å². The Morgan fingerprint density at radius 3 is 1.90 bits per heavy atom. The van der Waals surface area contributed by atoms with Gasteiger partial charge in [0.25, 0.3) is 0 Å². The van der Waals surface area contributed by atoms with Crippen molar-refractivity contribution in [3.05, 3.63) is 95.1 Å². The Morgan fingerprint density at radius 1 is 0.862 bits per heavy atom. The summed E-state index contributed by atoms with van der Waals surface area (Å²) in [7, 11) is 0. The Kier molecular flexibility index (Phi) is 4.84. The summed E-state index contributed by atoms with van der Waals surface area (Å²) >= 11 is 0. The molecule has 0 fully saturated rings. The average Bonchev–Trinajstić information content (AvgIpc) is 3.03. The molecule has 1 aliphatic rings. The first-order valence-corrected chi connectivity index (χ1v) is 9.17. The van der Waals surface area contributed by atoms with Crippen LogP contribution in [0.5, 0.6) is 0 Å². The summed E-state index contributed by atoms with van der Waals surface area (Å²) in [5.41, 5.74) is 8.96. The van der Waals surface area contributed by atoms with Crippen LogP contribution < -0.4 is 11.1 Å². The van der Waals surface area contributed by atoms with Crippen molar-refractivity contribution in [3.63, 3.8) is 0 Å². The van der Waals surface area contributed by atoms with E-state index in [0.717, 1.165) is 34.4 Å². The van der Waals surface area contributed by atoms with Gasteiger partial charge in [0.1, 0.15) is 17.7 Å². The Morgan fingerprint density at radius 2 is 1.38 bits per heavy atom. The minimum atomic E-state index is -1.05. The second kappa shape index (κ2) is 7.47. The van der Waals surface area contributed by atoms with Gasteiger partial charge in [-0.25, -0.2) is 8.78 Å². The average molecular weight is 392 g/mol. The molecule has 3 N–H and O–H groups in total. The molecule has 4 rings (SSSR count). The van der Waals surface area contributed by atoms with E-state index in [-0.39, 0.29) is 5.56 Å². The molecule has 0 unspecified atom stereocenters. The first-order valence-electron chi connectivity index (χ1n) is 9.17. The second-order valence-electron chi connectivity index (χ2n) is 6.98. The molecule has 2 amide bonds. The maximum absolute atomic E-state index is 13.9. The van der Waals surface area contributed by atoms with Crippen molar-refractivity contribution in [2.45, 2.75) is 18.4 Å². The second-order valence-corrected chi connectivity index (χ2v) is 6.98. The molecule has 1 atom stereocenters. The molecule has 6 heteroatoms. The van der Waals surface area contributed by atoms with Crippen molar-refractivity contribution in [1.29, 1.82) is 0 Å². The molecule has 0 saturated heterocycles. The van der Waals surface area contributed by atoms with Crippen LogP contribution in [-0.4, -0.2) is 17.9 Å². The fourth-order valence-electron chi connectivity index (χ4n) is 3.96. The molecule has 0 heterocycles. The number of nitrogens with one attached hydrogen (secondary N) is 1. The minimum Gasteiger partial charge on any atom is -0.368 e. The molecule has 0 radical (unpaired) electrons. The number of fused-ring (bicyclic) bond motifs is 3. The molecular formula is C23H18F2N2O2. The summed E-state index contributed by atoms with van der Waals surface area (Å²) in [4.78, 5) is 24.8. The van der Waals surface area contributed by atoms with Gasteiger partial charge in [-0.3, -0.25) is 9.59 Å². The number of hydrogen-bond donors (Lipinski definition) is 2. The summed E-state index contributed by atoms with van der Waals surface area (Å²) in [6.45, 7) is 0. The van der Waals surface area contributed by atoms with Gasteiger partial charge < -0.3 is 11.1 Å². The number of carbonyl (C=O) groups excluding carboxylic acids is 2. The van der Waals surface area contributed by atoms with Crippen LogP contribution in [0.25, 0.3) is 11.1 Å². The van der Waals surface area contributed by atoms with Crippen molar-refractivity contribution >= 4 is 11.8 Å². The van der Waals surface area contributed by atoms with Crippen molar-refractivity contribution in [3.8, 4) is 11.1 Å². The van der Waals surface area contributed by atoms with Crippen molar-refractivity contribution in [2.24, 2.45) is 5.73 Å². The standard InChI is InChI=1S/C23H18F2N2O2/c24-18-10-5-11-19(25)17(18)12-20(28)27-22(23(26)29)21-15-8-3-1-6-13(15)14-7-2-4-9-16(14)21/h1-11,21-22H,12H2,(H2,26,29)(H,27,28)/t22-/m0/s1. The van der Waals surface area contributed by atoms with E-state index in [1.165, 1.54) is 6.07 Å². The van der Waals surface area contributed by atoms with Crippen LogP contribution in [0.1, 0.15) is 22.6 Å². The van der Waals surface area contributed by atoms with Gasteiger partial charge in [-0.15, -0.1) is 0 Å². The molecule has 29 heavy (non-hydrogen) atoms. The monoisotopic (exact) mass is 392 g/mol. The quantitative estimate of drug-likeness (QED) is 0.699. The lowest BCUT2D eigenvalue weighted by Crippen LogP contribution is -2.48. The van der Waals surface area contributed by atoms with Crippen molar-refractivity contribution in [2.75, 3.05) is 0 Å². The van der Waals surface area contributed by atoms with Crippen molar-refractivity contribution < 1.29 is 18.4 Å². The van der Waals surface area contributed by atoms with E-state index in [2.05, 4.69) is 5.32 Å². The largest absolute Gasteiger partial charge is 0.368 e. The highest BCUT2D eigenvalue weighted by atomic mass is 19.1.